The van der Waals surface area contributed by atoms with Crippen molar-refractivity contribution in [3.05, 3.63) is 40.3 Å². The lowest BCUT2D eigenvalue weighted by molar-refractivity contribution is -0.124. The molecule has 0 bridgehead atoms. The van der Waals surface area contributed by atoms with Gasteiger partial charge in [0, 0.05) is 19.0 Å². The Labute approximate surface area is 170 Å². The lowest BCUT2D eigenvalue weighted by Crippen LogP contribution is -2.34. The van der Waals surface area contributed by atoms with Crippen LogP contribution >= 0.6 is 24.0 Å². The van der Waals surface area contributed by atoms with Gasteiger partial charge >= 0.3 is 0 Å². The maximum Gasteiger partial charge on any atom is 0.266 e. The fourth-order valence-electron chi connectivity index (χ4n) is 3.46. The van der Waals surface area contributed by atoms with Crippen LogP contribution in [0, 0.1) is 0 Å². The zero-order valence-corrected chi connectivity index (χ0v) is 17.3. The summed E-state index contributed by atoms with van der Waals surface area (Å²) in [6.07, 6.45) is 8.54. The Kier molecular flexibility index (Phi) is 7.07. The number of thiocarbonyl (C=S) groups is 1. The molecule has 1 saturated heterocycles. The van der Waals surface area contributed by atoms with Crippen LogP contribution in [-0.2, 0) is 16.0 Å². The van der Waals surface area contributed by atoms with Gasteiger partial charge in [-0.3, -0.25) is 14.5 Å². The fourth-order valence-corrected chi connectivity index (χ4v) is 4.77. The highest BCUT2D eigenvalue weighted by Gasteiger charge is 2.31. The molecular formula is C21H26N2O2S2. The number of aryl methyl sites for hydroxylation is 1. The second-order valence-electron chi connectivity index (χ2n) is 7.08. The summed E-state index contributed by atoms with van der Waals surface area (Å²) in [5, 5.41) is 3.09. The number of benzene rings is 1. The van der Waals surface area contributed by atoms with Crippen molar-refractivity contribution >= 4 is 46.2 Å². The largest absolute Gasteiger partial charge is 0.353 e. The van der Waals surface area contributed by atoms with Crippen LogP contribution in [0.25, 0.3) is 6.08 Å². The molecule has 1 heterocycles. The van der Waals surface area contributed by atoms with Crippen molar-refractivity contribution < 1.29 is 9.59 Å². The standard InChI is InChI=1S/C21H26N2O2S2/c1-2-15-9-11-16(12-10-15)14-18-20(25)23(21(26)27-18)13-5-8-19(24)22-17-6-3-4-7-17/h9-12,14,17H,2-8,13H2,1H3,(H,22,24). The molecule has 4 nitrogen and oxygen atoms in total. The van der Waals surface area contributed by atoms with E-state index in [1.807, 2.05) is 18.2 Å². The number of rotatable bonds is 7. The number of nitrogens with zero attached hydrogens (tertiary/aromatic N) is 1. The molecule has 2 amide bonds. The first-order valence-corrected chi connectivity index (χ1v) is 10.9. The van der Waals surface area contributed by atoms with Gasteiger partial charge in [0.25, 0.3) is 5.91 Å². The Morgan fingerprint density at radius 3 is 2.67 bits per heavy atom. The van der Waals surface area contributed by atoms with E-state index in [0.717, 1.165) is 24.8 Å². The predicted molar refractivity (Wildman–Crippen MR) is 115 cm³/mol. The second kappa shape index (κ2) is 9.51. The van der Waals surface area contributed by atoms with Gasteiger partial charge in [-0.2, -0.15) is 0 Å². The summed E-state index contributed by atoms with van der Waals surface area (Å²) in [5.74, 6) is 0.0275. The number of thioether (sulfide) groups is 1. The monoisotopic (exact) mass is 402 g/mol. The third kappa shape index (κ3) is 5.42. The van der Waals surface area contributed by atoms with Gasteiger partial charge in [-0.25, -0.2) is 0 Å². The first-order valence-electron chi connectivity index (χ1n) is 9.70. The SMILES string of the molecule is CCc1ccc(C=C2SC(=S)N(CCCC(=O)NC3CCCC3)C2=O)cc1. The number of hydrogen-bond acceptors (Lipinski definition) is 4. The van der Waals surface area contributed by atoms with E-state index in [1.54, 1.807) is 4.90 Å². The smallest absolute Gasteiger partial charge is 0.266 e. The minimum absolute atomic E-state index is 0.0548. The lowest BCUT2D eigenvalue weighted by atomic mass is 10.1. The molecule has 1 aliphatic heterocycles. The Morgan fingerprint density at radius 2 is 2.00 bits per heavy atom. The fraction of sp³-hybridized carbons (Fsp3) is 0.476. The molecule has 0 atom stereocenters. The molecular weight excluding hydrogens is 376 g/mol. The van der Waals surface area contributed by atoms with Crippen molar-refractivity contribution in [1.29, 1.82) is 0 Å². The zero-order chi connectivity index (χ0) is 19.2. The Morgan fingerprint density at radius 1 is 1.30 bits per heavy atom. The Hall–Kier alpha value is -1.66. The number of hydrogen-bond donors (Lipinski definition) is 1. The van der Waals surface area contributed by atoms with E-state index in [2.05, 4.69) is 24.4 Å². The van der Waals surface area contributed by atoms with Gasteiger partial charge in [0.15, 0.2) is 0 Å². The molecule has 0 radical (unpaired) electrons. The first kappa shape index (κ1) is 20.1. The van der Waals surface area contributed by atoms with Crippen LogP contribution < -0.4 is 5.32 Å². The molecule has 1 aliphatic carbocycles. The molecule has 1 saturated carbocycles. The van der Waals surface area contributed by atoms with Crippen LogP contribution in [0.1, 0.15) is 56.6 Å². The third-order valence-electron chi connectivity index (χ3n) is 5.07. The van der Waals surface area contributed by atoms with Crippen molar-refractivity contribution in [2.75, 3.05) is 6.54 Å². The number of carbonyl (C=O) groups is 2. The van der Waals surface area contributed by atoms with Crippen molar-refractivity contribution in [3.8, 4) is 0 Å². The molecule has 6 heteroatoms. The normalized spacial score (nSPS) is 19.3. The van der Waals surface area contributed by atoms with E-state index in [0.29, 0.717) is 34.7 Å². The minimum atomic E-state index is -0.0548. The van der Waals surface area contributed by atoms with Crippen molar-refractivity contribution in [2.45, 2.75) is 57.9 Å². The van der Waals surface area contributed by atoms with Crippen LogP contribution in [0.2, 0.25) is 0 Å². The highest BCUT2D eigenvalue weighted by atomic mass is 32.2. The molecule has 1 N–H and O–H groups in total. The first-order chi connectivity index (χ1) is 13.1. The lowest BCUT2D eigenvalue weighted by Gasteiger charge is -2.15. The van der Waals surface area contributed by atoms with E-state index >= 15 is 0 Å². The van der Waals surface area contributed by atoms with E-state index in [1.165, 1.54) is 30.2 Å². The molecule has 1 aromatic carbocycles. The second-order valence-corrected chi connectivity index (χ2v) is 8.76. The quantitative estimate of drug-likeness (QED) is 0.546. The zero-order valence-electron chi connectivity index (χ0n) is 15.7. The van der Waals surface area contributed by atoms with Crippen molar-refractivity contribution in [3.63, 3.8) is 0 Å². The molecule has 2 fully saturated rings. The van der Waals surface area contributed by atoms with Crippen LogP contribution in [0.5, 0.6) is 0 Å². The number of amides is 2. The van der Waals surface area contributed by atoms with Gasteiger partial charge < -0.3 is 5.32 Å². The van der Waals surface area contributed by atoms with Crippen LogP contribution in [0.3, 0.4) is 0 Å². The predicted octanol–water partition coefficient (Wildman–Crippen LogP) is 4.29. The maximum atomic E-state index is 12.6. The average molecular weight is 403 g/mol. The molecule has 144 valence electrons. The average Bonchev–Trinajstić information content (AvgIpc) is 3.26. The molecule has 2 aliphatic rings. The van der Waals surface area contributed by atoms with E-state index in [4.69, 9.17) is 12.2 Å². The summed E-state index contributed by atoms with van der Waals surface area (Å²) in [6.45, 7) is 2.61. The number of carbonyl (C=O) groups excluding carboxylic acids is 2. The van der Waals surface area contributed by atoms with Gasteiger partial charge in [-0.15, -0.1) is 0 Å². The van der Waals surface area contributed by atoms with Crippen LogP contribution in [0.4, 0.5) is 0 Å². The van der Waals surface area contributed by atoms with Gasteiger partial charge in [0.1, 0.15) is 4.32 Å². The topological polar surface area (TPSA) is 49.4 Å². The Bertz CT molecular complexity index is 737. The molecule has 3 rings (SSSR count). The highest BCUT2D eigenvalue weighted by molar-refractivity contribution is 8.26. The van der Waals surface area contributed by atoms with Crippen molar-refractivity contribution in [1.82, 2.24) is 10.2 Å². The van der Waals surface area contributed by atoms with Gasteiger partial charge in [0.2, 0.25) is 5.91 Å². The maximum absolute atomic E-state index is 12.6. The Balaban J connectivity index is 1.51. The minimum Gasteiger partial charge on any atom is -0.353 e. The van der Waals surface area contributed by atoms with E-state index in [-0.39, 0.29) is 11.8 Å². The van der Waals surface area contributed by atoms with Gasteiger partial charge in [-0.05, 0) is 42.9 Å². The molecule has 0 aromatic heterocycles. The third-order valence-corrected chi connectivity index (χ3v) is 6.44. The molecule has 1 aromatic rings. The summed E-state index contributed by atoms with van der Waals surface area (Å²) < 4.78 is 0.577. The van der Waals surface area contributed by atoms with E-state index < -0.39 is 0 Å². The molecule has 0 spiro atoms. The number of nitrogens with one attached hydrogen (secondary N) is 1. The summed E-state index contributed by atoms with van der Waals surface area (Å²) >= 11 is 6.71. The van der Waals surface area contributed by atoms with Crippen LogP contribution in [0.15, 0.2) is 29.2 Å². The summed E-state index contributed by atoms with van der Waals surface area (Å²) in [6, 6.07) is 8.55. The highest BCUT2D eigenvalue weighted by Crippen LogP contribution is 2.32. The molecule has 27 heavy (non-hydrogen) atoms. The summed E-state index contributed by atoms with van der Waals surface area (Å²) in [4.78, 5) is 26.9. The van der Waals surface area contributed by atoms with Gasteiger partial charge in [-0.1, -0.05) is 68.0 Å². The summed E-state index contributed by atoms with van der Waals surface area (Å²) in [5.41, 5.74) is 2.28. The van der Waals surface area contributed by atoms with Crippen LogP contribution in [-0.4, -0.2) is 33.6 Å². The van der Waals surface area contributed by atoms with Gasteiger partial charge in [0.05, 0.1) is 4.91 Å². The molecule has 0 unspecified atom stereocenters. The van der Waals surface area contributed by atoms with E-state index in [9.17, 15) is 9.59 Å². The summed E-state index contributed by atoms with van der Waals surface area (Å²) in [7, 11) is 0. The van der Waals surface area contributed by atoms with Crippen molar-refractivity contribution in [2.24, 2.45) is 0 Å².